The van der Waals surface area contributed by atoms with Crippen LogP contribution < -0.4 is 10.6 Å². The number of ether oxygens (including phenoxy) is 1. The lowest BCUT2D eigenvalue weighted by Gasteiger charge is -2.26. The lowest BCUT2D eigenvalue weighted by atomic mass is 10.1. The van der Waals surface area contributed by atoms with E-state index in [2.05, 4.69) is 15.5 Å². The second kappa shape index (κ2) is 7.57. The predicted octanol–water partition coefficient (Wildman–Crippen LogP) is 0.641. The Bertz CT molecular complexity index is 566. The third-order valence-corrected chi connectivity index (χ3v) is 4.12. The molecule has 0 radical (unpaired) electrons. The molecule has 0 spiro atoms. The fourth-order valence-electron chi connectivity index (χ4n) is 2.55. The summed E-state index contributed by atoms with van der Waals surface area (Å²) in [5.41, 5.74) is 1.06. The molecule has 0 atom stereocenters. The van der Waals surface area contributed by atoms with E-state index < -0.39 is 0 Å². The summed E-state index contributed by atoms with van der Waals surface area (Å²) in [5.74, 6) is -0.241. The van der Waals surface area contributed by atoms with Gasteiger partial charge in [0.25, 0.3) is 11.8 Å². The van der Waals surface area contributed by atoms with Gasteiger partial charge in [0.2, 0.25) is 0 Å². The van der Waals surface area contributed by atoms with Gasteiger partial charge in [0, 0.05) is 43.3 Å². The molecule has 3 rings (SSSR count). The first-order chi connectivity index (χ1) is 11.2. The van der Waals surface area contributed by atoms with Crippen molar-refractivity contribution in [3.8, 4) is 0 Å². The van der Waals surface area contributed by atoms with Gasteiger partial charge in [-0.05, 0) is 31.0 Å². The molecular weight excluding hydrogens is 294 g/mol. The van der Waals surface area contributed by atoms with Crippen molar-refractivity contribution in [3.63, 3.8) is 0 Å². The highest BCUT2D eigenvalue weighted by Crippen LogP contribution is 2.19. The van der Waals surface area contributed by atoms with Gasteiger partial charge in [0.1, 0.15) is 0 Å². The summed E-state index contributed by atoms with van der Waals surface area (Å²) in [7, 11) is 0. The average Bonchev–Trinajstić information content (AvgIpc) is 3.40. The first kappa shape index (κ1) is 16.0. The summed E-state index contributed by atoms with van der Waals surface area (Å²) in [6, 6.07) is 7.19. The first-order valence-corrected chi connectivity index (χ1v) is 8.21. The quantitative estimate of drug-likeness (QED) is 0.808. The van der Waals surface area contributed by atoms with Crippen LogP contribution in [-0.4, -0.2) is 62.1 Å². The van der Waals surface area contributed by atoms with Crippen LogP contribution in [0.4, 0.5) is 0 Å². The van der Waals surface area contributed by atoms with E-state index in [4.69, 9.17) is 4.74 Å². The zero-order chi connectivity index (χ0) is 16.1. The zero-order valence-electron chi connectivity index (χ0n) is 13.2. The Kier molecular flexibility index (Phi) is 5.25. The van der Waals surface area contributed by atoms with Crippen LogP contribution in [0.3, 0.4) is 0 Å². The molecule has 1 heterocycles. The van der Waals surface area contributed by atoms with Crippen molar-refractivity contribution in [2.24, 2.45) is 0 Å². The van der Waals surface area contributed by atoms with E-state index in [1.807, 2.05) is 0 Å². The van der Waals surface area contributed by atoms with Crippen LogP contribution >= 0.6 is 0 Å². The molecule has 6 nitrogen and oxygen atoms in total. The monoisotopic (exact) mass is 317 g/mol. The lowest BCUT2D eigenvalue weighted by molar-refractivity contribution is 0.0383. The Labute approximate surface area is 136 Å². The van der Waals surface area contributed by atoms with Gasteiger partial charge in [-0.3, -0.25) is 14.5 Å². The summed E-state index contributed by atoms with van der Waals surface area (Å²) < 4.78 is 5.30. The van der Waals surface area contributed by atoms with Crippen LogP contribution in [0.25, 0.3) is 0 Å². The van der Waals surface area contributed by atoms with Gasteiger partial charge in [0.05, 0.1) is 13.2 Å². The number of rotatable bonds is 6. The van der Waals surface area contributed by atoms with Gasteiger partial charge in [-0.1, -0.05) is 6.07 Å². The molecule has 1 aromatic rings. The van der Waals surface area contributed by atoms with Crippen LogP contribution in [0.1, 0.15) is 33.6 Å². The average molecular weight is 317 g/mol. The number of hydrogen-bond acceptors (Lipinski definition) is 4. The van der Waals surface area contributed by atoms with Crippen LogP contribution in [0.15, 0.2) is 24.3 Å². The SMILES string of the molecule is O=C(NCCN1CCOCC1)c1cccc(C(=O)NC2CC2)c1. The van der Waals surface area contributed by atoms with Crippen LogP contribution in [0.2, 0.25) is 0 Å². The normalized spacial score (nSPS) is 18.4. The van der Waals surface area contributed by atoms with E-state index in [0.29, 0.717) is 23.7 Å². The molecule has 2 aliphatic rings. The van der Waals surface area contributed by atoms with Crippen molar-refractivity contribution in [1.82, 2.24) is 15.5 Å². The van der Waals surface area contributed by atoms with Gasteiger partial charge in [-0.25, -0.2) is 0 Å². The summed E-state index contributed by atoms with van der Waals surface area (Å²) in [6.45, 7) is 4.74. The number of nitrogens with one attached hydrogen (secondary N) is 2. The highest BCUT2D eigenvalue weighted by molar-refractivity contribution is 5.99. The smallest absolute Gasteiger partial charge is 0.251 e. The summed E-state index contributed by atoms with van der Waals surface area (Å²) in [4.78, 5) is 26.5. The van der Waals surface area contributed by atoms with Crippen molar-refractivity contribution < 1.29 is 14.3 Å². The Hall–Kier alpha value is -1.92. The van der Waals surface area contributed by atoms with E-state index in [9.17, 15) is 9.59 Å². The minimum atomic E-state index is -0.140. The molecule has 0 bridgehead atoms. The third kappa shape index (κ3) is 4.77. The number of nitrogens with zero attached hydrogens (tertiary/aromatic N) is 1. The number of carbonyl (C=O) groups is 2. The largest absolute Gasteiger partial charge is 0.379 e. The van der Waals surface area contributed by atoms with Crippen molar-refractivity contribution in [2.45, 2.75) is 18.9 Å². The Morgan fingerprint density at radius 1 is 1.13 bits per heavy atom. The second-order valence-electron chi connectivity index (χ2n) is 6.04. The summed E-state index contributed by atoms with van der Waals surface area (Å²) in [5, 5.41) is 5.85. The minimum absolute atomic E-state index is 0.101. The van der Waals surface area contributed by atoms with Crippen LogP contribution in [0.5, 0.6) is 0 Å². The number of morpholine rings is 1. The molecule has 1 aliphatic heterocycles. The van der Waals surface area contributed by atoms with E-state index in [0.717, 1.165) is 45.7 Å². The summed E-state index contributed by atoms with van der Waals surface area (Å²) in [6.07, 6.45) is 2.10. The molecule has 1 saturated heterocycles. The van der Waals surface area contributed by atoms with Crippen molar-refractivity contribution >= 4 is 11.8 Å². The molecule has 2 N–H and O–H groups in total. The third-order valence-electron chi connectivity index (χ3n) is 4.12. The molecule has 0 aromatic heterocycles. The number of benzene rings is 1. The van der Waals surface area contributed by atoms with E-state index >= 15 is 0 Å². The second-order valence-corrected chi connectivity index (χ2v) is 6.04. The van der Waals surface area contributed by atoms with Crippen molar-refractivity contribution in [1.29, 1.82) is 0 Å². The van der Waals surface area contributed by atoms with E-state index in [-0.39, 0.29) is 11.8 Å². The standard InChI is InChI=1S/C17H23N3O3/c21-16(18-6-7-20-8-10-23-11-9-20)13-2-1-3-14(12-13)17(22)19-15-4-5-15/h1-3,12,15H,4-11H2,(H,18,21)(H,19,22). The summed E-state index contributed by atoms with van der Waals surface area (Å²) >= 11 is 0. The van der Waals surface area contributed by atoms with E-state index in [1.165, 1.54) is 0 Å². The predicted molar refractivity (Wildman–Crippen MR) is 86.5 cm³/mol. The fraction of sp³-hybridized carbons (Fsp3) is 0.529. The maximum absolute atomic E-state index is 12.2. The molecule has 2 amide bonds. The van der Waals surface area contributed by atoms with Gasteiger partial charge in [-0.2, -0.15) is 0 Å². The molecule has 124 valence electrons. The molecule has 6 heteroatoms. The van der Waals surface area contributed by atoms with Gasteiger partial charge >= 0.3 is 0 Å². The Morgan fingerprint density at radius 2 is 1.83 bits per heavy atom. The first-order valence-electron chi connectivity index (χ1n) is 8.21. The lowest BCUT2D eigenvalue weighted by Crippen LogP contribution is -2.41. The fourth-order valence-corrected chi connectivity index (χ4v) is 2.55. The highest BCUT2D eigenvalue weighted by atomic mass is 16.5. The molecule has 2 fully saturated rings. The maximum atomic E-state index is 12.2. The molecule has 1 aromatic carbocycles. The molecule has 23 heavy (non-hydrogen) atoms. The Morgan fingerprint density at radius 3 is 2.52 bits per heavy atom. The van der Waals surface area contributed by atoms with Gasteiger partial charge in [-0.15, -0.1) is 0 Å². The molecule has 1 aliphatic carbocycles. The van der Waals surface area contributed by atoms with E-state index in [1.54, 1.807) is 24.3 Å². The topological polar surface area (TPSA) is 70.7 Å². The zero-order valence-corrected chi connectivity index (χ0v) is 13.2. The molecule has 1 saturated carbocycles. The van der Waals surface area contributed by atoms with Gasteiger partial charge < -0.3 is 15.4 Å². The Balaban J connectivity index is 1.49. The molecular formula is C17H23N3O3. The van der Waals surface area contributed by atoms with Gasteiger partial charge in [0.15, 0.2) is 0 Å². The number of carbonyl (C=O) groups excluding carboxylic acids is 2. The maximum Gasteiger partial charge on any atom is 0.251 e. The van der Waals surface area contributed by atoms with Crippen molar-refractivity contribution in [2.75, 3.05) is 39.4 Å². The molecule has 0 unspecified atom stereocenters. The minimum Gasteiger partial charge on any atom is -0.379 e. The van der Waals surface area contributed by atoms with Crippen molar-refractivity contribution in [3.05, 3.63) is 35.4 Å². The van der Waals surface area contributed by atoms with Crippen LogP contribution in [-0.2, 0) is 4.74 Å². The highest BCUT2D eigenvalue weighted by Gasteiger charge is 2.24. The van der Waals surface area contributed by atoms with Crippen LogP contribution in [0, 0.1) is 0 Å². The number of amides is 2. The number of hydrogen-bond donors (Lipinski definition) is 2.